The highest BCUT2D eigenvalue weighted by Crippen LogP contribution is 2.27. The van der Waals surface area contributed by atoms with Crippen molar-refractivity contribution in [3.63, 3.8) is 0 Å². The van der Waals surface area contributed by atoms with Crippen molar-refractivity contribution >= 4 is 40.2 Å². The summed E-state index contributed by atoms with van der Waals surface area (Å²) in [6.07, 6.45) is 1.73. The molecule has 0 atom stereocenters. The fraction of sp³-hybridized carbons (Fsp3) is 0.0435. The minimum Gasteiger partial charge on any atom is -0.324 e. The fourth-order valence-corrected chi connectivity index (χ4v) is 3.32. The molecule has 0 saturated carbocycles. The standard InChI is InChI=1S/C23H18ClN3O/c1-3-16-10-12-21(19(24)14-16)26-23-25-20-11-9-15(2)13-18(20)22(28)27(23)17-7-5-4-6-8-17/h3-14H,1H2,2H3,(H,25,26). The number of nitrogens with one attached hydrogen (secondary N) is 1. The Kier molecular flexibility index (Phi) is 4.72. The molecule has 0 fully saturated rings. The SMILES string of the molecule is C=Cc1ccc(Nc2nc3ccc(C)cc3c(=O)n2-c2ccccc2)c(Cl)c1. The van der Waals surface area contributed by atoms with Crippen LogP contribution >= 0.6 is 11.6 Å². The van der Waals surface area contributed by atoms with E-state index in [1.165, 1.54) is 0 Å². The summed E-state index contributed by atoms with van der Waals surface area (Å²) in [7, 11) is 0. The van der Waals surface area contributed by atoms with Gasteiger partial charge in [-0.1, -0.05) is 60.2 Å². The van der Waals surface area contributed by atoms with Crippen molar-refractivity contribution in [2.24, 2.45) is 0 Å². The third-order valence-corrected chi connectivity index (χ3v) is 4.83. The first kappa shape index (κ1) is 18.0. The van der Waals surface area contributed by atoms with Gasteiger partial charge < -0.3 is 5.32 Å². The summed E-state index contributed by atoms with van der Waals surface area (Å²) in [6.45, 7) is 5.71. The van der Waals surface area contributed by atoms with Crippen molar-refractivity contribution < 1.29 is 0 Å². The molecule has 0 saturated heterocycles. The highest BCUT2D eigenvalue weighted by Gasteiger charge is 2.14. The van der Waals surface area contributed by atoms with E-state index < -0.39 is 0 Å². The van der Waals surface area contributed by atoms with Crippen LogP contribution in [-0.4, -0.2) is 9.55 Å². The third kappa shape index (κ3) is 3.30. The molecule has 28 heavy (non-hydrogen) atoms. The summed E-state index contributed by atoms with van der Waals surface area (Å²) in [4.78, 5) is 18.0. The maximum absolute atomic E-state index is 13.3. The molecule has 138 valence electrons. The molecule has 0 aliphatic rings. The van der Waals surface area contributed by atoms with Crippen LogP contribution < -0.4 is 10.9 Å². The summed E-state index contributed by atoms with van der Waals surface area (Å²) >= 11 is 6.41. The van der Waals surface area contributed by atoms with Crippen molar-refractivity contribution in [2.45, 2.75) is 6.92 Å². The number of para-hydroxylation sites is 1. The van der Waals surface area contributed by atoms with Crippen molar-refractivity contribution in [3.8, 4) is 5.69 Å². The Bertz CT molecular complexity index is 1250. The van der Waals surface area contributed by atoms with E-state index in [0.29, 0.717) is 27.6 Å². The number of halogens is 1. The van der Waals surface area contributed by atoms with Gasteiger partial charge in [0.1, 0.15) is 0 Å². The molecule has 0 unspecified atom stereocenters. The molecular formula is C23H18ClN3O. The number of hydrogen-bond acceptors (Lipinski definition) is 3. The molecule has 0 amide bonds. The van der Waals surface area contributed by atoms with E-state index in [2.05, 4.69) is 11.9 Å². The van der Waals surface area contributed by atoms with Gasteiger partial charge in [-0.15, -0.1) is 0 Å². The number of rotatable bonds is 4. The number of anilines is 2. The second kappa shape index (κ2) is 7.33. The number of nitrogens with zero attached hydrogens (tertiary/aromatic N) is 2. The van der Waals surface area contributed by atoms with Gasteiger partial charge >= 0.3 is 0 Å². The van der Waals surface area contributed by atoms with Gasteiger partial charge in [-0.2, -0.15) is 0 Å². The van der Waals surface area contributed by atoms with Gasteiger partial charge in [-0.3, -0.25) is 4.79 Å². The lowest BCUT2D eigenvalue weighted by atomic mass is 10.1. The Morgan fingerprint density at radius 1 is 1.07 bits per heavy atom. The minimum atomic E-state index is -0.138. The van der Waals surface area contributed by atoms with Crippen molar-refractivity contribution in [1.29, 1.82) is 0 Å². The molecule has 0 spiro atoms. The fourth-order valence-electron chi connectivity index (χ4n) is 3.08. The lowest BCUT2D eigenvalue weighted by Crippen LogP contribution is -2.23. The maximum Gasteiger partial charge on any atom is 0.267 e. The smallest absolute Gasteiger partial charge is 0.267 e. The summed E-state index contributed by atoms with van der Waals surface area (Å²) < 4.78 is 1.57. The first-order valence-corrected chi connectivity index (χ1v) is 9.22. The van der Waals surface area contributed by atoms with Crippen LogP contribution in [0.15, 0.2) is 78.1 Å². The molecule has 1 N–H and O–H groups in total. The molecule has 1 aromatic heterocycles. The second-order valence-corrected chi connectivity index (χ2v) is 6.91. The largest absolute Gasteiger partial charge is 0.324 e. The van der Waals surface area contributed by atoms with E-state index in [-0.39, 0.29) is 5.56 Å². The van der Waals surface area contributed by atoms with Gasteiger partial charge in [-0.25, -0.2) is 9.55 Å². The lowest BCUT2D eigenvalue weighted by molar-refractivity contribution is 0.974. The molecule has 0 aliphatic heterocycles. The van der Waals surface area contributed by atoms with Crippen LogP contribution in [0.5, 0.6) is 0 Å². The Morgan fingerprint density at radius 2 is 1.86 bits per heavy atom. The number of aryl methyl sites for hydroxylation is 1. The highest BCUT2D eigenvalue weighted by molar-refractivity contribution is 6.33. The van der Waals surface area contributed by atoms with Crippen LogP contribution in [0.2, 0.25) is 5.02 Å². The number of fused-ring (bicyclic) bond motifs is 1. The predicted octanol–water partition coefficient (Wildman–Crippen LogP) is 5.73. The lowest BCUT2D eigenvalue weighted by Gasteiger charge is -2.16. The zero-order valence-corrected chi connectivity index (χ0v) is 16.1. The topological polar surface area (TPSA) is 46.9 Å². The second-order valence-electron chi connectivity index (χ2n) is 6.50. The molecule has 4 nitrogen and oxygen atoms in total. The van der Waals surface area contributed by atoms with Crippen LogP contribution in [0.4, 0.5) is 11.6 Å². The molecule has 1 heterocycles. The summed E-state index contributed by atoms with van der Waals surface area (Å²) in [5.74, 6) is 0.404. The zero-order chi connectivity index (χ0) is 19.7. The number of hydrogen-bond donors (Lipinski definition) is 1. The normalized spacial score (nSPS) is 10.8. The van der Waals surface area contributed by atoms with Crippen LogP contribution in [-0.2, 0) is 0 Å². The van der Waals surface area contributed by atoms with Crippen molar-refractivity contribution in [2.75, 3.05) is 5.32 Å². The summed E-state index contributed by atoms with van der Waals surface area (Å²) in [5, 5.41) is 4.32. The predicted molar refractivity (Wildman–Crippen MR) is 117 cm³/mol. The summed E-state index contributed by atoms with van der Waals surface area (Å²) in [5.41, 5.74) is 3.80. The first-order chi connectivity index (χ1) is 13.6. The van der Waals surface area contributed by atoms with Gasteiger partial charge in [0, 0.05) is 0 Å². The zero-order valence-electron chi connectivity index (χ0n) is 15.3. The molecule has 4 aromatic rings. The van der Waals surface area contributed by atoms with E-state index in [1.54, 1.807) is 10.6 Å². The maximum atomic E-state index is 13.3. The Hall–Kier alpha value is -3.37. The van der Waals surface area contributed by atoms with Crippen LogP contribution in [0, 0.1) is 6.92 Å². The molecule has 0 radical (unpaired) electrons. The van der Waals surface area contributed by atoms with Gasteiger partial charge in [0.05, 0.1) is 27.3 Å². The van der Waals surface area contributed by atoms with E-state index >= 15 is 0 Å². The molecule has 4 rings (SSSR count). The number of aromatic nitrogens is 2. The quantitative estimate of drug-likeness (QED) is 0.486. The third-order valence-electron chi connectivity index (χ3n) is 4.51. The molecule has 3 aromatic carbocycles. The minimum absolute atomic E-state index is 0.138. The van der Waals surface area contributed by atoms with Crippen molar-refractivity contribution in [3.05, 3.63) is 99.8 Å². The van der Waals surface area contributed by atoms with E-state index in [9.17, 15) is 4.79 Å². The molecular weight excluding hydrogens is 370 g/mol. The first-order valence-electron chi connectivity index (χ1n) is 8.84. The Morgan fingerprint density at radius 3 is 2.57 bits per heavy atom. The highest BCUT2D eigenvalue weighted by atomic mass is 35.5. The van der Waals surface area contributed by atoms with E-state index in [1.807, 2.05) is 73.7 Å². The van der Waals surface area contributed by atoms with Gasteiger partial charge in [0.15, 0.2) is 0 Å². The van der Waals surface area contributed by atoms with Crippen LogP contribution in [0.1, 0.15) is 11.1 Å². The van der Waals surface area contributed by atoms with Gasteiger partial charge in [0.25, 0.3) is 5.56 Å². The number of benzene rings is 3. The summed E-state index contributed by atoms with van der Waals surface area (Å²) in [6, 6.07) is 20.6. The van der Waals surface area contributed by atoms with E-state index in [0.717, 1.165) is 16.8 Å². The van der Waals surface area contributed by atoms with Crippen molar-refractivity contribution in [1.82, 2.24) is 9.55 Å². The van der Waals surface area contributed by atoms with Crippen LogP contribution in [0.3, 0.4) is 0 Å². The monoisotopic (exact) mass is 387 g/mol. The van der Waals surface area contributed by atoms with E-state index in [4.69, 9.17) is 16.6 Å². The molecule has 0 aliphatic carbocycles. The van der Waals surface area contributed by atoms with Gasteiger partial charge in [0.2, 0.25) is 5.95 Å². The van der Waals surface area contributed by atoms with Crippen LogP contribution in [0.25, 0.3) is 22.7 Å². The molecule has 5 heteroatoms. The van der Waals surface area contributed by atoms with Gasteiger partial charge in [-0.05, 0) is 48.9 Å². The molecule has 0 bridgehead atoms. The average Bonchev–Trinajstić information content (AvgIpc) is 2.71. The average molecular weight is 388 g/mol. The Balaban J connectivity index is 1.95. The Labute approximate surface area is 167 Å².